The first-order valence-electron chi connectivity index (χ1n) is 28.1. The van der Waals surface area contributed by atoms with Gasteiger partial charge in [-0.1, -0.05) is 195 Å². The Hall–Kier alpha value is -7.04. The first-order valence-corrected chi connectivity index (χ1v) is 28.1. The van der Waals surface area contributed by atoms with Gasteiger partial charge in [0.25, 0.3) is 0 Å². The summed E-state index contributed by atoms with van der Waals surface area (Å²) < 4.78 is 29.9. The van der Waals surface area contributed by atoms with Crippen LogP contribution in [0, 0.1) is 0 Å². The van der Waals surface area contributed by atoms with E-state index in [4.69, 9.17) is 23.4 Å². The smallest absolute Gasteiger partial charge is 0.457 e. The van der Waals surface area contributed by atoms with Crippen molar-refractivity contribution >= 4 is 71.4 Å². The number of fused-ring (bicyclic) bond motifs is 4. The van der Waals surface area contributed by atoms with Gasteiger partial charge in [-0.05, 0) is 121 Å². The average Bonchev–Trinajstić information content (AvgIpc) is 4.11. The van der Waals surface area contributed by atoms with Gasteiger partial charge in [0.05, 0.1) is 28.1 Å². The fourth-order valence-electron chi connectivity index (χ4n) is 10.9. The van der Waals surface area contributed by atoms with Gasteiger partial charge in [0.2, 0.25) is 0 Å². The number of pyridine rings is 1. The number of benzene rings is 7. The zero-order valence-electron chi connectivity index (χ0n) is 49.0. The fraction of sp³-hybridized carbons (Fsp3) is 0.309. The molecule has 0 atom stereocenters. The van der Waals surface area contributed by atoms with Crippen LogP contribution in [-0.2, 0) is 30.0 Å². The molecule has 1 saturated heterocycles. The maximum Gasteiger partial charge on any atom is 0.468 e. The van der Waals surface area contributed by atoms with Gasteiger partial charge in [0, 0.05) is 45.8 Å². The summed E-state index contributed by atoms with van der Waals surface area (Å²) in [6, 6.07) is 59.1. The Morgan fingerprint density at radius 1 is 0.456 bits per heavy atom. The molecule has 2 aromatic heterocycles. The highest BCUT2D eigenvalue weighted by molar-refractivity contribution is 6.81. The predicted molar refractivity (Wildman–Crippen MR) is 334 cm³/mol. The molecule has 0 radical (unpaired) electrons. The summed E-state index contributed by atoms with van der Waals surface area (Å²) in [6.07, 6.45) is 1.93. The molecule has 1 fully saturated rings. The number of para-hydroxylation sites is 3. The third kappa shape index (κ3) is 10.7. The summed E-state index contributed by atoms with van der Waals surface area (Å²) in [5.41, 5.74) is 15.4. The fourth-order valence-corrected chi connectivity index (χ4v) is 10.9. The van der Waals surface area contributed by atoms with Crippen molar-refractivity contribution in [3.8, 4) is 39.6 Å². The van der Waals surface area contributed by atoms with Crippen molar-refractivity contribution in [1.29, 1.82) is 0 Å². The van der Waals surface area contributed by atoms with Gasteiger partial charge < -0.3 is 28.3 Å². The molecule has 2 aliphatic heterocycles. The quantitative estimate of drug-likeness (QED) is 0.141. The Morgan fingerprint density at radius 2 is 1.08 bits per heavy atom. The number of anilines is 4. The molecule has 0 spiro atoms. The molecule has 8 nitrogen and oxygen atoms in total. The molecule has 0 saturated carbocycles. The summed E-state index contributed by atoms with van der Waals surface area (Å²) in [5, 5.41) is 1.65. The second kappa shape index (κ2) is 19.9. The monoisotopic (exact) mass is 1040 g/mol. The van der Waals surface area contributed by atoms with E-state index in [1.165, 1.54) is 27.8 Å². The van der Waals surface area contributed by atoms with E-state index < -0.39 is 21.4 Å². The summed E-state index contributed by atoms with van der Waals surface area (Å²) >= 11 is 0. The highest BCUT2D eigenvalue weighted by atomic mass is 16.7. The first-order chi connectivity index (χ1) is 37.3. The number of hydrogen-bond acceptors (Lipinski definition) is 7. The maximum atomic E-state index is 6.99. The Bertz CT molecular complexity index is 3690. The lowest BCUT2D eigenvalue weighted by atomic mass is 9.50. The van der Waals surface area contributed by atoms with Crippen LogP contribution in [-0.4, -0.2) is 37.6 Å². The number of ether oxygens (including phenoxy) is 1. The van der Waals surface area contributed by atoms with Crippen molar-refractivity contribution in [3.63, 3.8) is 0 Å². The predicted octanol–water partition coefficient (Wildman–Crippen LogP) is 17.8. The molecule has 7 aromatic carbocycles. The molecule has 0 bridgehead atoms. The Morgan fingerprint density at radius 3 is 1.72 bits per heavy atom. The van der Waals surface area contributed by atoms with Gasteiger partial charge in [0.15, 0.2) is 0 Å². The maximum absolute atomic E-state index is 6.99. The van der Waals surface area contributed by atoms with Crippen molar-refractivity contribution in [3.05, 3.63) is 187 Å². The van der Waals surface area contributed by atoms with Gasteiger partial charge in [-0.3, -0.25) is 4.57 Å². The van der Waals surface area contributed by atoms with Crippen LogP contribution in [0.4, 0.5) is 22.7 Å². The molecule has 11 heteroatoms. The van der Waals surface area contributed by atoms with Gasteiger partial charge in [-0.2, -0.15) is 0 Å². The number of aromatic nitrogens is 2. The second-order valence-corrected chi connectivity index (χ2v) is 27.0. The van der Waals surface area contributed by atoms with Gasteiger partial charge in [0.1, 0.15) is 24.0 Å². The van der Waals surface area contributed by atoms with Crippen LogP contribution in [0.2, 0.25) is 10.6 Å². The molecule has 9 aromatic rings. The number of nitrogens with zero attached hydrogens (tertiary/aromatic N) is 4. The largest absolute Gasteiger partial charge is 0.468 e. The minimum atomic E-state index is -0.719. The first kappa shape index (κ1) is 53.9. The van der Waals surface area contributed by atoms with Gasteiger partial charge >= 0.3 is 21.4 Å². The van der Waals surface area contributed by atoms with Crippen LogP contribution in [0.15, 0.2) is 170 Å². The van der Waals surface area contributed by atoms with E-state index in [0.29, 0.717) is 6.67 Å². The second-order valence-electron chi connectivity index (χ2n) is 27.0. The number of rotatable bonds is 8. The standard InChI is InChI=1S/C68H75B3N4O4/c1-64(2,3)48-35-36-72-62(41-48)75-58-34-31-46(45-23-17-16-18-24-45)39-56(58)55-33-32-53(43-61(55)75)76-52-26-21-25-51(42-52)73-44-74(60-30-20-19-29-59(60)73)63-54(47-37-49(65(4,5)6)40-50(38-47)66(7,8)9)27-22-28-57(63)69-77-70(67(10,11)12)79-71(78-69)68(13,14)15/h16-43H,44H2,1-15H3. The zero-order chi connectivity index (χ0) is 56.0. The molecule has 11 rings (SSSR count). The summed E-state index contributed by atoms with van der Waals surface area (Å²) in [7, 11) is -1.74. The van der Waals surface area contributed by atoms with Crippen LogP contribution in [0.25, 0.3) is 49.9 Å². The Labute approximate surface area is 470 Å². The van der Waals surface area contributed by atoms with Crippen LogP contribution < -0.4 is 20.0 Å². The topological polar surface area (TPSA) is 61.2 Å². The molecule has 400 valence electrons. The summed E-state index contributed by atoms with van der Waals surface area (Å²) in [5.74, 6) is 2.34. The molecular weight excluding hydrogens is 969 g/mol. The van der Waals surface area contributed by atoms with Crippen LogP contribution in [0.3, 0.4) is 0 Å². The van der Waals surface area contributed by atoms with Crippen LogP contribution >= 0.6 is 0 Å². The average molecular weight is 1040 g/mol. The van der Waals surface area contributed by atoms with E-state index >= 15 is 0 Å². The lowest BCUT2D eigenvalue weighted by Gasteiger charge is -2.41. The molecular formula is C68H75B3N4O4. The number of hydrogen-bond donors (Lipinski definition) is 0. The lowest BCUT2D eigenvalue weighted by Crippen LogP contribution is -2.59. The molecule has 0 unspecified atom stereocenters. The Balaban J connectivity index is 1.01. The van der Waals surface area contributed by atoms with Crippen molar-refractivity contribution < 1.29 is 18.5 Å². The minimum absolute atomic E-state index is 0.0535. The molecule has 79 heavy (non-hydrogen) atoms. The molecule has 0 aliphatic carbocycles. The lowest BCUT2D eigenvalue weighted by molar-refractivity contribution is 0.250. The highest BCUT2D eigenvalue weighted by Gasteiger charge is 2.52. The van der Waals surface area contributed by atoms with Crippen molar-refractivity contribution in [2.75, 3.05) is 16.5 Å². The highest BCUT2D eigenvalue weighted by Crippen LogP contribution is 2.49. The van der Waals surface area contributed by atoms with E-state index in [-0.39, 0.29) is 26.9 Å². The van der Waals surface area contributed by atoms with Gasteiger partial charge in [-0.15, -0.1) is 0 Å². The summed E-state index contributed by atoms with van der Waals surface area (Å²) in [6.45, 7) is 34.1. The van der Waals surface area contributed by atoms with Crippen molar-refractivity contribution in [1.82, 2.24) is 9.55 Å². The third-order valence-corrected chi connectivity index (χ3v) is 15.5. The molecule has 2 aliphatic rings. The molecule has 0 N–H and O–H groups in total. The minimum Gasteiger partial charge on any atom is -0.457 e. The van der Waals surface area contributed by atoms with E-state index in [1.54, 1.807) is 0 Å². The Kier molecular flexibility index (Phi) is 13.6. The van der Waals surface area contributed by atoms with E-state index in [0.717, 1.165) is 78.5 Å². The normalized spacial score (nSPS) is 14.7. The van der Waals surface area contributed by atoms with E-state index in [2.05, 4.69) is 276 Å². The van der Waals surface area contributed by atoms with Crippen LogP contribution in [0.1, 0.15) is 121 Å². The SMILES string of the molecule is CC(C)(C)B1OB(c2cccc(-c3cc(C(C)(C)C)cc(C(C)(C)C)c3)c2N2CN(c3cccc(Oc4ccc5c6cc(-c7ccccc7)ccc6n(-c6cc(C(C)(C)C)ccn6)c5c4)c3)c3ccccc32)OB(C(C)(C)C)O1. The van der Waals surface area contributed by atoms with Gasteiger partial charge in [-0.25, -0.2) is 4.98 Å². The van der Waals surface area contributed by atoms with Crippen molar-refractivity contribution in [2.45, 2.75) is 131 Å². The summed E-state index contributed by atoms with van der Waals surface area (Å²) in [4.78, 5) is 9.83. The molecule has 4 heterocycles. The zero-order valence-corrected chi connectivity index (χ0v) is 49.0. The van der Waals surface area contributed by atoms with E-state index in [9.17, 15) is 0 Å². The van der Waals surface area contributed by atoms with E-state index in [1.807, 2.05) is 12.3 Å². The van der Waals surface area contributed by atoms with Crippen molar-refractivity contribution in [2.24, 2.45) is 0 Å². The molecule has 0 amide bonds. The third-order valence-electron chi connectivity index (χ3n) is 15.5. The van der Waals surface area contributed by atoms with Crippen LogP contribution in [0.5, 0.6) is 11.5 Å².